The first-order valence-electron chi connectivity index (χ1n) is 6.97. The van der Waals surface area contributed by atoms with Gasteiger partial charge in [0.25, 0.3) is 0 Å². The molecule has 1 atom stereocenters. The summed E-state index contributed by atoms with van der Waals surface area (Å²) < 4.78 is 9.90. The maximum Gasteiger partial charge on any atom is 0.308 e. The van der Waals surface area contributed by atoms with Crippen molar-refractivity contribution in [3.63, 3.8) is 0 Å². The Balaban J connectivity index is 4.10. The topological polar surface area (TPSA) is 52.6 Å². The first kappa shape index (κ1) is 16.9. The molecule has 4 nitrogen and oxygen atoms in total. The second-order valence-electron chi connectivity index (χ2n) is 4.29. The van der Waals surface area contributed by atoms with E-state index in [1.54, 1.807) is 13.8 Å². The molecule has 0 aromatic heterocycles. The summed E-state index contributed by atoms with van der Waals surface area (Å²) >= 11 is 0. The predicted molar refractivity (Wildman–Crippen MR) is 70.1 cm³/mol. The number of unbranched alkanes of at least 4 members (excludes halogenated alkanes) is 2. The van der Waals surface area contributed by atoms with Crippen molar-refractivity contribution < 1.29 is 19.1 Å². The van der Waals surface area contributed by atoms with Crippen molar-refractivity contribution >= 4 is 11.9 Å². The molecule has 0 fully saturated rings. The lowest BCUT2D eigenvalue weighted by atomic mass is 9.96. The number of hydrogen-bond acceptors (Lipinski definition) is 4. The van der Waals surface area contributed by atoms with Crippen molar-refractivity contribution in [3.8, 4) is 0 Å². The Morgan fingerprint density at radius 2 is 1.61 bits per heavy atom. The third kappa shape index (κ3) is 8.09. The van der Waals surface area contributed by atoms with E-state index in [9.17, 15) is 9.59 Å². The van der Waals surface area contributed by atoms with Gasteiger partial charge in [-0.05, 0) is 26.7 Å². The van der Waals surface area contributed by atoms with Gasteiger partial charge in [-0.2, -0.15) is 0 Å². The summed E-state index contributed by atoms with van der Waals surface area (Å²) in [7, 11) is 0. The number of carbonyl (C=O) groups excluding carboxylic acids is 2. The summed E-state index contributed by atoms with van der Waals surface area (Å²) in [4.78, 5) is 23.0. The van der Waals surface area contributed by atoms with E-state index in [2.05, 4.69) is 6.92 Å². The molecule has 18 heavy (non-hydrogen) atoms. The van der Waals surface area contributed by atoms with Crippen molar-refractivity contribution in [3.05, 3.63) is 0 Å². The molecule has 0 heterocycles. The number of hydrogen-bond donors (Lipinski definition) is 0. The fourth-order valence-electron chi connectivity index (χ4n) is 1.81. The third-order valence-electron chi connectivity index (χ3n) is 2.78. The van der Waals surface area contributed by atoms with Crippen LogP contribution in [-0.2, 0) is 19.1 Å². The second-order valence-corrected chi connectivity index (χ2v) is 4.29. The molecule has 0 aliphatic rings. The van der Waals surface area contributed by atoms with Gasteiger partial charge in [0.15, 0.2) is 0 Å². The van der Waals surface area contributed by atoms with Crippen LogP contribution in [0.1, 0.15) is 59.3 Å². The lowest BCUT2D eigenvalue weighted by Crippen LogP contribution is -2.19. The SMILES string of the molecule is CCCCCC(CCC(=O)OCC)C(=O)OCC. The molecule has 4 heteroatoms. The molecule has 0 saturated carbocycles. The van der Waals surface area contributed by atoms with Crippen molar-refractivity contribution in [2.75, 3.05) is 13.2 Å². The average Bonchev–Trinajstić information content (AvgIpc) is 2.34. The fourth-order valence-corrected chi connectivity index (χ4v) is 1.81. The van der Waals surface area contributed by atoms with E-state index in [4.69, 9.17) is 9.47 Å². The highest BCUT2D eigenvalue weighted by molar-refractivity contribution is 5.74. The maximum atomic E-state index is 11.7. The zero-order chi connectivity index (χ0) is 13.8. The minimum atomic E-state index is -0.234. The molecule has 1 unspecified atom stereocenters. The monoisotopic (exact) mass is 258 g/mol. The summed E-state index contributed by atoms with van der Waals surface area (Å²) in [5.41, 5.74) is 0. The molecule has 0 radical (unpaired) electrons. The Morgan fingerprint density at radius 1 is 0.944 bits per heavy atom. The molecule has 106 valence electrons. The van der Waals surface area contributed by atoms with Gasteiger partial charge in [-0.25, -0.2) is 0 Å². The molecule has 0 bridgehead atoms. The van der Waals surface area contributed by atoms with Gasteiger partial charge in [0.05, 0.1) is 19.1 Å². The lowest BCUT2D eigenvalue weighted by molar-refractivity contribution is -0.149. The Hall–Kier alpha value is -1.06. The van der Waals surface area contributed by atoms with Crippen LogP contribution >= 0.6 is 0 Å². The second kappa shape index (κ2) is 11.1. The predicted octanol–water partition coefficient (Wildman–Crippen LogP) is 3.09. The van der Waals surface area contributed by atoms with E-state index >= 15 is 0 Å². The highest BCUT2D eigenvalue weighted by atomic mass is 16.5. The van der Waals surface area contributed by atoms with Crippen LogP contribution < -0.4 is 0 Å². The van der Waals surface area contributed by atoms with E-state index in [1.165, 1.54) is 0 Å². The van der Waals surface area contributed by atoms with Gasteiger partial charge in [-0.1, -0.05) is 26.2 Å². The summed E-state index contributed by atoms with van der Waals surface area (Å²) in [5.74, 6) is -0.582. The summed E-state index contributed by atoms with van der Waals surface area (Å²) in [6, 6.07) is 0. The molecular formula is C14H26O4. The van der Waals surface area contributed by atoms with Crippen LogP contribution in [0.15, 0.2) is 0 Å². The quantitative estimate of drug-likeness (QED) is 0.446. The van der Waals surface area contributed by atoms with Crippen molar-refractivity contribution in [2.45, 2.75) is 59.3 Å². The fraction of sp³-hybridized carbons (Fsp3) is 0.857. The normalized spacial score (nSPS) is 11.9. The Morgan fingerprint density at radius 3 is 2.17 bits per heavy atom. The number of esters is 2. The molecule has 0 N–H and O–H groups in total. The first-order chi connectivity index (χ1) is 8.65. The average molecular weight is 258 g/mol. The van der Waals surface area contributed by atoms with E-state index in [0.29, 0.717) is 26.1 Å². The Kier molecular flexibility index (Phi) is 10.4. The van der Waals surface area contributed by atoms with Crippen LogP contribution in [0.5, 0.6) is 0 Å². The summed E-state index contributed by atoms with van der Waals surface area (Å²) in [5, 5.41) is 0. The Labute approximate surface area is 110 Å². The molecule has 0 aliphatic carbocycles. The van der Waals surface area contributed by atoms with Crippen molar-refractivity contribution in [1.82, 2.24) is 0 Å². The van der Waals surface area contributed by atoms with Crippen molar-refractivity contribution in [1.29, 1.82) is 0 Å². The largest absolute Gasteiger partial charge is 0.466 e. The van der Waals surface area contributed by atoms with Gasteiger partial charge in [-0.3, -0.25) is 9.59 Å². The van der Waals surface area contributed by atoms with E-state index < -0.39 is 0 Å². The molecule has 0 aliphatic heterocycles. The zero-order valence-corrected chi connectivity index (χ0v) is 11.9. The van der Waals surface area contributed by atoms with E-state index in [1.807, 2.05) is 0 Å². The maximum absolute atomic E-state index is 11.7. The van der Waals surface area contributed by atoms with Gasteiger partial charge >= 0.3 is 11.9 Å². The van der Waals surface area contributed by atoms with Crippen LogP contribution in [0.4, 0.5) is 0 Å². The molecule has 0 aromatic rings. The van der Waals surface area contributed by atoms with Gasteiger partial charge in [-0.15, -0.1) is 0 Å². The van der Waals surface area contributed by atoms with E-state index in [-0.39, 0.29) is 17.9 Å². The lowest BCUT2D eigenvalue weighted by Gasteiger charge is -2.14. The highest BCUT2D eigenvalue weighted by Gasteiger charge is 2.20. The smallest absolute Gasteiger partial charge is 0.308 e. The molecular weight excluding hydrogens is 232 g/mol. The molecule has 0 amide bonds. The molecule has 0 rings (SSSR count). The zero-order valence-electron chi connectivity index (χ0n) is 11.9. The van der Waals surface area contributed by atoms with Crippen LogP contribution in [0, 0.1) is 5.92 Å². The van der Waals surface area contributed by atoms with E-state index in [0.717, 1.165) is 25.7 Å². The highest BCUT2D eigenvalue weighted by Crippen LogP contribution is 2.18. The van der Waals surface area contributed by atoms with Gasteiger partial charge in [0, 0.05) is 6.42 Å². The summed E-state index contributed by atoms with van der Waals surface area (Å²) in [6.07, 6.45) is 4.85. The minimum absolute atomic E-state index is 0.166. The number of ether oxygens (including phenoxy) is 2. The van der Waals surface area contributed by atoms with Crippen molar-refractivity contribution in [2.24, 2.45) is 5.92 Å². The van der Waals surface area contributed by atoms with Crippen LogP contribution in [0.2, 0.25) is 0 Å². The number of carbonyl (C=O) groups is 2. The molecule has 0 aromatic carbocycles. The molecule has 0 spiro atoms. The number of rotatable bonds is 10. The standard InChI is InChI=1S/C14H26O4/c1-4-7-8-9-12(14(16)18-6-3)10-11-13(15)17-5-2/h12H,4-11H2,1-3H3. The van der Waals surface area contributed by atoms with Gasteiger partial charge in [0.1, 0.15) is 0 Å². The van der Waals surface area contributed by atoms with Crippen LogP contribution in [0.3, 0.4) is 0 Å². The van der Waals surface area contributed by atoms with Gasteiger partial charge in [0.2, 0.25) is 0 Å². The van der Waals surface area contributed by atoms with Crippen LogP contribution in [-0.4, -0.2) is 25.2 Å². The van der Waals surface area contributed by atoms with Crippen LogP contribution in [0.25, 0.3) is 0 Å². The summed E-state index contributed by atoms with van der Waals surface area (Å²) in [6.45, 7) is 6.48. The van der Waals surface area contributed by atoms with Gasteiger partial charge < -0.3 is 9.47 Å². The third-order valence-corrected chi connectivity index (χ3v) is 2.78. The minimum Gasteiger partial charge on any atom is -0.466 e. The molecule has 0 saturated heterocycles. The Bertz CT molecular complexity index is 238. The first-order valence-corrected chi connectivity index (χ1v) is 6.97.